The zero-order valence-corrected chi connectivity index (χ0v) is 13.0. The Hall–Kier alpha value is -2.24. The minimum absolute atomic E-state index is 0.0407. The van der Waals surface area contributed by atoms with Gasteiger partial charge in [-0.1, -0.05) is 0 Å². The Bertz CT molecular complexity index is 513. The number of rotatable bonds is 6. The molecule has 2 N–H and O–H groups in total. The first kappa shape index (κ1) is 16.8. The third kappa shape index (κ3) is 4.11. The van der Waals surface area contributed by atoms with Crippen molar-refractivity contribution in [2.75, 3.05) is 44.4 Å². The van der Waals surface area contributed by atoms with Crippen LogP contribution >= 0.6 is 0 Å². The molecule has 0 atom stereocenters. The summed E-state index contributed by atoms with van der Waals surface area (Å²) in [5.74, 6) is -0.447. The summed E-state index contributed by atoms with van der Waals surface area (Å²) >= 11 is 0. The van der Waals surface area contributed by atoms with Crippen LogP contribution < -0.4 is 10.6 Å². The fraction of sp³-hybridized carbons (Fsp3) is 0.467. The number of nitrogens with zero attached hydrogens (tertiary/aromatic N) is 2. The molecule has 0 aliphatic rings. The molecule has 1 amide bonds. The monoisotopic (exact) mass is 293 g/mol. The van der Waals surface area contributed by atoms with E-state index in [1.54, 1.807) is 35.0 Å². The molecule has 21 heavy (non-hydrogen) atoms. The van der Waals surface area contributed by atoms with E-state index in [9.17, 15) is 9.59 Å². The zero-order chi connectivity index (χ0) is 16.0. The summed E-state index contributed by atoms with van der Waals surface area (Å²) in [5, 5.41) is 0. The molecule has 116 valence electrons. The molecule has 0 aliphatic carbocycles. The number of carbonyl (C=O) groups excluding carboxylic acids is 2. The quantitative estimate of drug-likeness (QED) is 0.633. The topological polar surface area (TPSA) is 75.9 Å². The maximum absolute atomic E-state index is 12.1. The number of likely N-dealkylation sites (N-methyl/N-ethyl adjacent to an activating group) is 2. The number of benzene rings is 1. The highest BCUT2D eigenvalue weighted by Crippen LogP contribution is 2.21. The van der Waals surface area contributed by atoms with E-state index >= 15 is 0 Å². The molecule has 0 saturated heterocycles. The van der Waals surface area contributed by atoms with Crippen LogP contribution in [0.2, 0.25) is 0 Å². The number of methoxy groups -OCH3 is 1. The molecular formula is C15H23N3O3. The van der Waals surface area contributed by atoms with Crippen molar-refractivity contribution in [3.8, 4) is 0 Å². The number of hydrogen-bond donors (Lipinski definition) is 1. The Morgan fingerprint density at radius 3 is 2.38 bits per heavy atom. The highest BCUT2D eigenvalue weighted by atomic mass is 16.5. The van der Waals surface area contributed by atoms with Crippen molar-refractivity contribution in [1.82, 2.24) is 4.90 Å². The molecule has 0 saturated carbocycles. The number of nitrogens with two attached hydrogens (primary N) is 1. The highest BCUT2D eigenvalue weighted by molar-refractivity contribution is 5.96. The number of nitrogen functional groups attached to an aromatic ring is 1. The van der Waals surface area contributed by atoms with Gasteiger partial charge in [0.05, 0.1) is 19.2 Å². The Labute approximate surface area is 125 Å². The molecule has 0 bridgehead atoms. The molecule has 0 radical (unpaired) electrons. The Morgan fingerprint density at radius 2 is 1.86 bits per heavy atom. The van der Waals surface area contributed by atoms with Crippen LogP contribution in [0.15, 0.2) is 18.2 Å². The van der Waals surface area contributed by atoms with E-state index in [2.05, 4.69) is 0 Å². The highest BCUT2D eigenvalue weighted by Gasteiger charge is 2.16. The van der Waals surface area contributed by atoms with E-state index in [1.165, 1.54) is 7.11 Å². The Kier molecular flexibility index (Phi) is 6.02. The molecule has 6 heteroatoms. The van der Waals surface area contributed by atoms with E-state index in [0.717, 1.165) is 5.69 Å². The van der Waals surface area contributed by atoms with E-state index in [1.807, 2.05) is 13.8 Å². The normalized spacial score (nSPS) is 10.1. The third-order valence-corrected chi connectivity index (χ3v) is 3.37. The first-order chi connectivity index (χ1) is 9.94. The molecule has 0 fully saturated rings. The van der Waals surface area contributed by atoms with Crippen LogP contribution in [0.4, 0.5) is 11.4 Å². The van der Waals surface area contributed by atoms with Gasteiger partial charge in [-0.05, 0) is 32.0 Å². The molecule has 1 rings (SSSR count). The van der Waals surface area contributed by atoms with Crippen molar-refractivity contribution in [1.29, 1.82) is 0 Å². The van der Waals surface area contributed by atoms with Gasteiger partial charge in [0.2, 0.25) is 5.91 Å². The van der Waals surface area contributed by atoms with Crippen molar-refractivity contribution in [3.05, 3.63) is 23.8 Å². The predicted octanol–water partition coefficient (Wildman–Crippen LogP) is 1.36. The Morgan fingerprint density at radius 1 is 1.24 bits per heavy atom. The van der Waals surface area contributed by atoms with Crippen LogP contribution in [-0.4, -0.2) is 50.6 Å². The van der Waals surface area contributed by atoms with Gasteiger partial charge in [-0.25, -0.2) is 4.79 Å². The fourth-order valence-corrected chi connectivity index (χ4v) is 2.04. The van der Waals surface area contributed by atoms with Gasteiger partial charge in [-0.2, -0.15) is 0 Å². The molecule has 0 aromatic heterocycles. The van der Waals surface area contributed by atoms with Crippen LogP contribution in [0, 0.1) is 0 Å². The predicted molar refractivity (Wildman–Crippen MR) is 83.4 cm³/mol. The van der Waals surface area contributed by atoms with E-state index in [4.69, 9.17) is 10.5 Å². The minimum atomic E-state index is -0.488. The molecule has 1 aromatic carbocycles. The number of anilines is 2. The second-order valence-electron chi connectivity index (χ2n) is 4.69. The van der Waals surface area contributed by atoms with Gasteiger partial charge in [-0.15, -0.1) is 0 Å². The van der Waals surface area contributed by atoms with Gasteiger partial charge >= 0.3 is 5.97 Å². The number of amides is 1. The lowest BCUT2D eigenvalue weighted by atomic mass is 10.1. The lowest BCUT2D eigenvalue weighted by Crippen LogP contribution is -2.38. The number of carbonyl (C=O) groups is 2. The summed E-state index contributed by atoms with van der Waals surface area (Å²) < 4.78 is 4.69. The Balaban J connectivity index is 2.90. The molecule has 0 spiro atoms. The molecule has 0 aliphatic heterocycles. The van der Waals surface area contributed by atoms with Crippen molar-refractivity contribution in [3.63, 3.8) is 0 Å². The van der Waals surface area contributed by atoms with E-state index < -0.39 is 5.97 Å². The number of ether oxygens (including phenoxy) is 1. The van der Waals surface area contributed by atoms with E-state index in [-0.39, 0.29) is 12.5 Å². The molecule has 1 aromatic rings. The van der Waals surface area contributed by atoms with Crippen LogP contribution in [0.25, 0.3) is 0 Å². The average Bonchev–Trinajstić information content (AvgIpc) is 2.48. The standard InChI is InChI=1S/C15H23N3O3/c1-5-18(6-2)14(19)10-17(3)11-7-8-13(16)12(9-11)15(20)21-4/h7-9H,5-6,10,16H2,1-4H3. The molecule has 0 unspecified atom stereocenters. The lowest BCUT2D eigenvalue weighted by Gasteiger charge is -2.24. The summed E-state index contributed by atoms with van der Waals surface area (Å²) in [5.41, 5.74) is 7.16. The zero-order valence-electron chi connectivity index (χ0n) is 13.0. The second kappa shape index (κ2) is 7.52. The summed E-state index contributed by atoms with van der Waals surface area (Å²) in [6, 6.07) is 5.05. The number of esters is 1. The van der Waals surface area contributed by atoms with Gasteiger partial charge < -0.3 is 20.3 Å². The average molecular weight is 293 g/mol. The van der Waals surface area contributed by atoms with Crippen molar-refractivity contribution >= 4 is 23.3 Å². The lowest BCUT2D eigenvalue weighted by molar-refractivity contribution is -0.129. The maximum atomic E-state index is 12.1. The summed E-state index contributed by atoms with van der Waals surface area (Å²) in [6.45, 7) is 5.49. The van der Waals surface area contributed by atoms with Crippen molar-refractivity contribution in [2.24, 2.45) is 0 Å². The van der Waals surface area contributed by atoms with Crippen LogP contribution in [0.1, 0.15) is 24.2 Å². The van der Waals surface area contributed by atoms with Gasteiger partial charge in [0.15, 0.2) is 0 Å². The van der Waals surface area contributed by atoms with Gasteiger partial charge in [-0.3, -0.25) is 4.79 Å². The van der Waals surface area contributed by atoms with Crippen molar-refractivity contribution in [2.45, 2.75) is 13.8 Å². The number of hydrogen-bond acceptors (Lipinski definition) is 5. The molecule has 0 heterocycles. The van der Waals surface area contributed by atoms with Gasteiger partial charge in [0.25, 0.3) is 0 Å². The first-order valence-electron chi connectivity index (χ1n) is 6.91. The minimum Gasteiger partial charge on any atom is -0.465 e. The summed E-state index contributed by atoms with van der Waals surface area (Å²) in [4.78, 5) is 27.3. The summed E-state index contributed by atoms with van der Waals surface area (Å²) in [7, 11) is 3.11. The smallest absolute Gasteiger partial charge is 0.340 e. The first-order valence-corrected chi connectivity index (χ1v) is 6.91. The summed E-state index contributed by atoms with van der Waals surface area (Å²) in [6.07, 6.45) is 0. The van der Waals surface area contributed by atoms with Crippen LogP contribution in [0.3, 0.4) is 0 Å². The largest absolute Gasteiger partial charge is 0.465 e. The third-order valence-electron chi connectivity index (χ3n) is 3.37. The van der Waals surface area contributed by atoms with Crippen LogP contribution in [0.5, 0.6) is 0 Å². The van der Waals surface area contributed by atoms with Crippen molar-refractivity contribution < 1.29 is 14.3 Å². The van der Waals surface area contributed by atoms with Gasteiger partial charge in [0, 0.05) is 31.5 Å². The molecule has 6 nitrogen and oxygen atoms in total. The van der Waals surface area contributed by atoms with E-state index in [0.29, 0.717) is 24.3 Å². The SMILES string of the molecule is CCN(CC)C(=O)CN(C)c1ccc(N)c(C(=O)OC)c1. The fourth-order valence-electron chi connectivity index (χ4n) is 2.04. The molecular weight excluding hydrogens is 270 g/mol. The van der Waals surface area contributed by atoms with Crippen LogP contribution in [-0.2, 0) is 9.53 Å². The van der Waals surface area contributed by atoms with Gasteiger partial charge in [0.1, 0.15) is 0 Å². The second-order valence-corrected chi connectivity index (χ2v) is 4.69. The maximum Gasteiger partial charge on any atom is 0.340 e.